The third kappa shape index (κ3) is 3.35. The topological polar surface area (TPSA) is 87.2 Å². The molecule has 4 rings (SSSR count). The molecule has 7 nitrogen and oxygen atoms in total. The van der Waals surface area contributed by atoms with Gasteiger partial charge >= 0.3 is 12.3 Å². The van der Waals surface area contributed by atoms with Crippen molar-refractivity contribution in [1.82, 2.24) is 9.80 Å². The number of imide groups is 1. The van der Waals surface area contributed by atoms with Gasteiger partial charge < -0.3 is 9.84 Å². The summed E-state index contributed by atoms with van der Waals surface area (Å²) in [5, 5.41) is 9.59. The van der Waals surface area contributed by atoms with Crippen molar-refractivity contribution in [1.29, 1.82) is 0 Å². The van der Waals surface area contributed by atoms with Crippen LogP contribution in [0.5, 0.6) is 0 Å². The molecule has 10 heteroatoms. The molecule has 3 unspecified atom stereocenters. The minimum Gasteiger partial charge on any atom is -0.474 e. The number of amides is 3. The van der Waals surface area contributed by atoms with Crippen LogP contribution in [0, 0.1) is 5.92 Å². The van der Waals surface area contributed by atoms with E-state index in [9.17, 15) is 32.7 Å². The lowest BCUT2D eigenvalue weighted by molar-refractivity contribution is -0.170. The van der Waals surface area contributed by atoms with E-state index in [4.69, 9.17) is 4.74 Å². The van der Waals surface area contributed by atoms with Gasteiger partial charge in [0, 0.05) is 11.5 Å². The van der Waals surface area contributed by atoms with Gasteiger partial charge in [0.15, 0.2) is 6.23 Å². The highest BCUT2D eigenvalue weighted by atomic mass is 19.4. The average molecular weight is 436 g/mol. The Morgan fingerprint density at radius 2 is 1.90 bits per heavy atom. The van der Waals surface area contributed by atoms with Crippen LogP contribution < -0.4 is 0 Å². The molecule has 0 spiro atoms. The molecule has 2 heterocycles. The maximum Gasteiger partial charge on any atom is 0.414 e. The Hall–Kier alpha value is -3.30. The highest BCUT2D eigenvalue weighted by molar-refractivity contribution is 6.05. The normalized spacial score (nSPS) is 26.7. The van der Waals surface area contributed by atoms with E-state index in [1.54, 1.807) is 12.1 Å². The molecule has 0 bridgehead atoms. The number of hydrogen-bond acceptors (Lipinski definition) is 4. The number of fused-ring (bicyclic) bond motifs is 3. The van der Waals surface area contributed by atoms with Crippen LogP contribution in [-0.4, -0.2) is 51.8 Å². The van der Waals surface area contributed by atoms with Crippen LogP contribution in [-0.2, 0) is 20.7 Å². The Morgan fingerprint density at radius 3 is 2.55 bits per heavy atom. The maximum absolute atomic E-state index is 13.0. The molecule has 3 aliphatic rings. The van der Waals surface area contributed by atoms with Crippen molar-refractivity contribution in [3.63, 3.8) is 0 Å². The highest BCUT2D eigenvalue weighted by Crippen LogP contribution is 2.49. The van der Waals surface area contributed by atoms with Gasteiger partial charge in [-0.3, -0.25) is 14.5 Å². The third-order valence-corrected chi connectivity index (χ3v) is 6.04. The first-order valence-corrected chi connectivity index (χ1v) is 9.56. The van der Waals surface area contributed by atoms with Crippen molar-refractivity contribution >= 4 is 17.9 Å². The number of ether oxygens (including phenoxy) is 1. The summed E-state index contributed by atoms with van der Waals surface area (Å²) in [5.41, 5.74) is 2.11. The van der Waals surface area contributed by atoms with E-state index < -0.39 is 48.8 Å². The smallest absolute Gasteiger partial charge is 0.414 e. The van der Waals surface area contributed by atoms with Crippen LogP contribution in [0.3, 0.4) is 0 Å². The van der Waals surface area contributed by atoms with Crippen LogP contribution in [0.4, 0.5) is 18.0 Å². The zero-order chi connectivity index (χ0) is 22.7. The number of carbonyl (C=O) groups is 3. The zero-order valence-electron chi connectivity index (χ0n) is 16.6. The molecule has 2 aliphatic heterocycles. The molecule has 164 valence electrons. The molecule has 1 N–H and O–H groups in total. The van der Waals surface area contributed by atoms with Crippen LogP contribution >= 0.6 is 0 Å². The number of carboxylic acid groups (broad SMARTS) is 1. The minimum absolute atomic E-state index is 0.0559. The first-order chi connectivity index (χ1) is 14.5. The summed E-state index contributed by atoms with van der Waals surface area (Å²) in [6.45, 7) is 1.40. The number of carbonyl (C=O) groups excluding carboxylic acids is 2. The molecular weight excluding hydrogens is 417 g/mol. The second-order valence-electron chi connectivity index (χ2n) is 7.83. The van der Waals surface area contributed by atoms with Crippen LogP contribution in [0.15, 0.2) is 47.2 Å². The third-order valence-electron chi connectivity index (χ3n) is 6.04. The Labute approximate surface area is 175 Å². The average Bonchev–Trinajstić information content (AvgIpc) is 3.24. The lowest BCUT2D eigenvalue weighted by Crippen LogP contribution is -2.42. The second-order valence-corrected chi connectivity index (χ2v) is 7.83. The second kappa shape index (κ2) is 7.14. The molecule has 0 radical (unpaired) electrons. The van der Waals surface area contributed by atoms with Crippen molar-refractivity contribution in [2.75, 3.05) is 6.54 Å². The first kappa shape index (κ1) is 21.0. The molecule has 0 aromatic heterocycles. The van der Waals surface area contributed by atoms with Crippen molar-refractivity contribution in [3.05, 3.63) is 58.4 Å². The van der Waals surface area contributed by atoms with Gasteiger partial charge in [0.2, 0.25) is 0 Å². The van der Waals surface area contributed by atoms with Gasteiger partial charge in [-0.05, 0) is 37.0 Å². The predicted molar refractivity (Wildman–Crippen MR) is 100 cm³/mol. The summed E-state index contributed by atoms with van der Waals surface area (Å²) >= 11 is 0. The standard InChI is InChI=1S/C21H19F3N2O5/c1-10-11(2)19(25(17(10)27)9-21(22,23)24)31-8-15-14-7-12-5-3-4-6-13(12)16(14)26(18(15)28)20(29)30/h3-6,8,14,16,19H,7,9H2,1-2H3,(H,29,30)/b15-8+. The Morgan fingerprint density at radius 1 is 1.23 bits per heavy atom. The van der Waals surface area contributed by atoms with Crippen LogP contribution in [0.1, 0.15) is 31.0 Å². The SMILES string of the molecule is CC1=C(C)C(O/C=C2/C(=O)N(C(=O)O)C3c4ccccc4CC23)N(CC(F)(F)F)C1=O. The van der Waals surface area contributed by atoms with E-state index in [2.05, 4.69) is 0 Å². The van der Waals surface area contributed by atoms with Crippen LogP contribution in [0.2, 0.25) is 0 Å². The molecule has 1 aromatic rings. The van der Waals surface area contributed by atoms with Gasteiger partial charge in [-0.1, -0.05) is 24.3 Å². The largest absolute Gasteiger partial charge is 0.474 e. The van der Waals surface area contributed by atoms with Gasteiger partial charge in [-0.2, -0.15) is 13.2 Å². The minimum atomic E-state index is -4.63. The van der Waals surface area contributed by atoms with E-state index >= 15 is 0 Å². The number of alkyl halides is 3. The Kier molecular flexibility index (Phi) is 4.83. The van der Waals surface area contributed by atoms with Crippen molar-refractivity contribution < 1.29 is 37.4 Å². The van der Waals surface area contributed by atoms with E-state index in [0.717, 1.165) is 16.7 Å². The van der Waals surface area contributed by atoms with Gasteiger partial charge in [0.1, 0.15) is 6.54 Å². The molecular formula is C21H19F3N2O5. The lowest BCUT2D eigenvalue weighted by Gasteiger charge is -2.26. The van der Waals surface area contributed by atoms with Crippen molar-refractivity contribution in [2.24, 2.45) is 5.92 Å². The summed E-state index contributed by atoms with van der Waals surface area (Å²) in [7, 11) is 0. The summed E-state index contributed by atoms with van der Waals surface area (Å²) < 4.78 is 44.5. The van der Waals surface area contributed by atoms with Gasteiger partial charge in [0.25, 0.3) is 11.8 Å². The monoisotopic (exact) mass is 436 g/mol. The summed E-state index contributed by atoms with van der Waals surface area (Å²) in [5.74, 6) is -2.09. The van der Waals surface area contributed by atoms with Crippen molar-refractivity contribution in [2.45, 2.75) is 38.7 Å². The first-order valence-electron chi connectivity index (χ1n) is 9.56. The fraction of sp³-hybridized carbons (Fsp3) is 0.381. The lowest BCUT2D eigenvalue weighted by atomic mass is 9.97. The molecule has 1 aromatic carbocycles. The molecule has 1 saturated heterocycles. The molecule has 3 amide bonds. The van der Waals surface area contributed by atoms with Gasteiger partial charge in [-0.25, -0.2) is 9.69 Å². The molecule has 3 atom stereocenters. The number of hydrogen-bond donors (Lipinski definition) is 1. The molecule has 1 fully saturated rings. The predicted octanol–water partition coefficient (Wildman–Crippen LogP) is 3.39. The van der Waals surface area contributed by atoms with E-state index in [-0.39, 0.29) is 11.1 Å². The quantitative estimate of drug-likeness (QED) is 0.580. The van der Waals surface area contributed by atoms with Gasteiger partial charge in [-0.15, -0.1) is 0 Å². The molecule has 0 saturated carbocycles. The molecule has 1 aliphatic carbocycles. The number of rotatable bonds is 3. The number of benzene rings is 1. The van der Waals surface area contributed by atoms with Gasteiger partial charge in [0.05, 0.1) is 17.9 Å². The Balaban J connectivity index is 1.66. The fourth-order valence-corrected chi connectivity index (χ4v) is 4.51. The summed E-state index contributed by atoms with van der Waals surface area (Å²) in [6, 6.07) is 6.44. The fourth-order valence-electron chi connectivity index (χ4n) is 4.51. The number of halogens is 3. The maximum atomic E-state index is 13.0. The summed E-state index contributed by atoms with van der Waals surface area (Å²) in [4.78, 5) is 38.1. The van der Waals surface area contributed by atoms with Crippen LogP contribution in [0.25, 0.3) is 0 Å². The number of likely N-dealkylation sites (tertiary alicyclic amines) is 1. The van der Waals surface area contributed by atoms with E-state index in [1.165, 1.54) is 13.8 Å². The molecule has 31 heavy (non-hydrogen) atoms. The Bertz CT molecular complexity index is 1050. The van der Waals surface area contributed by atoms with Crippen molar-refractivity contribution in [3.8, 4) is 0 Å². The van der Waals surface area contributed by atoms with E-state index in [1.807, 2.05) is 12.1 Å². The zero-order valence-corrected chi connectivity index (χ0v) is 16.6. The van der Waals surface area contributed by atoms with E-state index in [0.29, 0.717) is 22.5 Å². The highest BCUT2D eigenvalue weighted by Gasteiger charge is 2.52. The number of nitrogens with zero attached hydrogens (tertiary/aromatic N) is 2. The summed E-state index contributed by atoms with van der Waals surface area (Å²) in [6.07, 6.45) is -5.94.